The minimum Gasteiger partial charge on any atom is -0.480 e. The van der Waals surface area contributed by atoms with Crippen LogP contribution in [0.25, 0.3) is 0 Å². The summed E-state index contributed by atoms with van der Waals surface area (Å²) in [6.45, 7) is 2.88. The van der Waals surface area contributed by atoms with Crippen LogP contribution < -0.4 is 10.1 Å². The molecular weight excluding hydrogens is 349 g/mol. The van der Waals surface area contributed by atoms with Crippen molar-refractivity contribution in [3.05, 3.63) is 58.9 Å². The number of amides is 1. The van der Waals surface area contributed by atoms with Gasteiger partial charge in [-0.15, -0.1) is 0 Å². The van der Waals surface area contributed by atoms with Crippen molar-refractivity contribution in [2.45, 2.75) is 20.0 Å². The predicted molar refractivity (Wildman–Crippen MR) is 92.3 cm³/mol. The third kappa shape index (κ3) is 5.76. The molecule has 0 saturated heterocycles. The van der Waals surface area contributed by atoms with Gasteiger partial charge in [0.25, 0.3) is 5.91 Å². The van der Waals surface area contributed by atoms with Gasteiger partial charge in [0, 0.05) is 5.69 Å². The van der Waals surface area contributed by atoms with Gasteiger partial charge in [0.1, 0.15) is 11.6 Å². The summed E-state index contributed by atoms with van der Waals surface area (Å²) < 4.78 is 23.4. The summed E-state index contributed by atoms with van der Waals surface area (Å²) in [6, 6.07) is 10.6. The SMILES string of the molecule is Cc1ccc(Cl)c(OCC(=O)O[C@@H](C)C(=O)Nc2cccc(F)c2)c1. The quantitative estimate of drug-likeness (QED) is 0.792. The van der Waals surface area contributed by atoms with E-state index in [0.717, 1.165) is 11.6 Å². The number of ether oxygens (including phenoxy) is 2. The second-order valence-corrected chi connectivity index (χ2v) is 5.76. The number of carbonyl (C=O) groups is 2. The number of aryl methyl sites for hydroxylation is 1. The first-order valence-electron chi connectivity index (χ1n) is 7.50. The fourth-order valence-corrected chi connectivity index (χ4v) is 2.12. The Balaban J connectivity index is 1.84. The van der Waals surface area contributed by atoms with Gasteiger partial charge in [-0.1, -0.05) is 23.7 Å². The molecule has 132 valence electrons. The van der Waals surface area contributed by atoms with Gasteiger partial charge in [-0.05, 0) is 49.7 Å². The van der Waals surface area contributed by atoms with Crippen LogP contribution in [0.1, 0.15) is 12.5 Å². The first kappa shape index (κ1) is 18.7. The van der Waals surface area contributed by atoms with Crippen LogP contribution in [-0.4, -0.2) is 24.6 Å². The van der Waals surface area contributed by atoms with E-state index >= 15 is 0 Å². The Morgan fingerprint density at radius 3 is 2.72 bits per heavy atom. The zero-order chi connectivity index (χ0) is 18.4. The summed E-state index contributed by atoms with van der Waals surface area (Å²) >= 11 is 5.97. The number of rotatable bonds is 6. The molecule has 0 heterocycles. The molecule has 0 aromatic heterocycles. The van der Waals surface area contributed by atoms with E-state index in [9.17, 15) is 14.0 Å². The van der Waals surface area contributed by atoms with Crippen molar-refractivity contribution in [2.24, 2.45) is 0 Å². The zero-order valence-corrected chi connectivity index (χ0v) is 14.5. The molecule has 1 atom stereocenters. The highest BCUT2D eigenvalue weighted by Gasteiger charge is 2.18. The standard InChI is InChI=1S/C18H17ClFNO4/c1-11-6-7-15(19)16(8-11)24-10-17(22)25-12(2)18(23)21-14-5-3-4-13(20)9-14/h3-9,12H,10H2,1-2H3,(H,21,23)/t12-/m0/s1. The monoisotopic (exact) mass is 365 g/mol. The number of carbonyl (C=O) groups excluding carboxylic acids is 2. The van der Waals surface area contributed by atoms with Crippen molar-refractivity contribution in [3.63, 3.8) is 0 Å². The molecule has 0 spiro atoms. The molecule has 1 amide bonds. The highest BCUT2D eigenvalue weighted by Crippen LogP contribution is 2.25. The van der Waals surface area contributed by atoms with Crippen molar-refractivity contribution >= 4 is 29.2 Å². The van der Waals surface area contributed by atoms with Crippen molar-refractivity contribution < 1.29 is 23.5 Å². The summed E-state index contributed by atoms with van der Waals surface area (Å²) in [5, 5.41) is 2.83. The van der Waals surface area contributed by atoms with Gasteiger partial charge in [-0.25, -0.2) is 9.18 Å². The van der Waals surface area contributed by atoms with Crippen LogP contribution in [0.4, 0.5) is 10.1 Å². The summed E-state index contributed by atoms with van der Waals surface area (Å²) in [4.78, 5) is 23.8. The highest BCUT2D eigenvalue weighted by atomic mass is 35.5. The van der Waals surface area contributed by atoms with Gasteiger partial charge < -0.3 is 14.8 Å². The van der Waals surface area contributed by atoms with Crippen LogP contribution >= 0.6 is 11.6 Å². The van der Waals surface area contributed by atoms with Crippen molar-refractivity contribution in [2.75, 3.05) is 11.9 Å². The Morgan fingerprint density at radius 1 is 1.24 bits per heavy atom. The molecule has 5 nitrogen and oxygen atoms in total. The van der Waals surface area contributed by atoms with Crippen LogP contribution in [0.5, 0.6) is 5.75 Å². The molecule has 25 heavy (non-hydrogen) atoms. The summed E-state index contributed by atoms with van der Waals surface area (Å²) in [5.74, 6) is -1.42. The third-order valence-electron chi connectivity index (χ3n) is 3.20. The molecule has 7 heteroatoms. The minimum atomic E-state index is -1.06. The van der Waals surface area contributed by atoms with E-state index in [1.54, 1.807) is 12.1 Å². The molecule has 0 bridgehead atoms. The number of anilines is 1. The maximum absolute atomic E-state index is 13.1. The Kier molecular flexibility index (Phi) is 6.36. The molecule has 0 aliphatic heterocycles. The normalized spacial score (nSPS) is 11.5. The van der Waals surface area contributed by atoms with Crippen molar-refractivity contribution in [3.8, 4) is 5.75 Å². The molecular formula is C18H17ClFNO4. The Morgan fingerprint density at radius 2 is 2.00 bits per heavy atom. The largest absolute Gasteiger partial charge is 0.480 e. The lowest BCUT2D eigenvalue weighted by Crippen LogP contribution is -2.31. The predicted octanol–water partition coefficient (Wildman–Crippen LogP) is 3.74. The van der Waals surface area contributed by atoms with Crippen LogP contribution in [0.3, 0.4) is 0 Å². The number of hydrogen-bond donors (Lipinski definition) is 1. The van der Waals surface area contributed by atoms with Gasteiger partial charge in [-0.3, -0.25) is 4.79 Å². The summed E-state index contributed by atoms with van der Waals surface area (Å²) in [5.41, 5.74) is 1.20. The van der Waals surface area contributed by atoms with E-state index in [1.807, 2.05) is 13.0 Å². The lowest BCUT2D eigenvalue weighted by Gasteiger charge is -2.14. The Hall–Kier alpha value is -2.60. The van der Waals surface area contributed by atoms with Gasteiger partial charge in [0.15, 0.2) is 12.7 Å². The Labute approximate surface area is 149 Å². The molecule has 0 aliphatic carbocycles. The van der Waals surface area contributed by atoms with E-state index in [-0.39, 0.29) is 12.3 Å². The van der Waals surface area contributed by atoms with Crippen molar-refractivity contribution in [1.29, 1.82) is 0 Å². The first-order chi connectivity index (χ1) is 11.8. The molecule has 0 aliphatic rings. The number of esters is 1. The summed E-state index contributed by atoms with van der Waals surface area (Å²) in [7, 11) is 0. The van der Waals surface area contributed by atoms with Gasteiger partial charge >= 0.3 is 5.97 Å². The number of halogens is 2. The Bertz CT molecular complexity index is 781. The fourth-order valence-electron chi connectivity index (χ4n) is 1.95. The lowest BCUT2D eigenvalue weighted by atomic mass is 10.2. The molecule has 0 saturated carbocycles. The zero-order valence-electron chi connectivity index (χ0n) is 13.7. The average molecular weight is 366 g/mol. The smallest absolute Gasteiger partial charge is 0.344 e. The second-order valence-electron chi connectivity index (χ2n) is 5.35. The van der Waals surface area contributed by atoms with Crippen LogP contribution in [0.15, 0.2) is 42.5 Å². The van der Waals surface area contributed by atoms with E-state index in [0.29, 0.717) is 10.8 Å². The number of nitrogens with one attached hydrogen (secondary N) is 1. The van der Waals surface area contributed by atoms with E-state index < -0.39 is 23.8 Å². The second kappa shape index (κ2) is 8.48. The maximum atomic E-state index is 13.1. The van der Waals surface area contributed by atoms with E-state index in [4.69, 9.17) is 21.1 Å². The molecule has 0 radical (unpaired) electrons. The molecule has 0 unspecified atom stereocenters. The molecule has 2 aromatic carbocycles. The summed E-state index contributed by atoms with van der Waals surface area (Å²) in [6.07, 6.45) is -1.06. The van der Waals surface area contributed by atoms with Crippen LogP contribution in [0, 0.1) is 12.7 Å². The van der Waals surface area contributed by atoms with Crippen molar-refractivity contribution in [1.82, 2.24) is 0 Å². The fraction of sp³-hybridized carbons (Fsp3) is 0.222. The molecule has 1 N–H and O–H groups in total. The van der Waals surface area contributed by atoms with Gasteiger partial charge in [0.05, 0.1) is 5.02 Å². The van der Waals surface area contributed by atoms with E-state index in [1.165, 1.54) is 25.1 Å². The molecule has 0 fully saturated rings. The van der Waals surface area contributed by atoms with Gasteiger partial charge in [-0.2, -0.15) is 0 Å². The molecule has 2 aromatic rings. The highest BCUT2D eigenvalue weighted by molar-refractivity contribution is 6.32. The van der Waals surface area contributed by atoms with Gasteiger partial charge in [0.2, 0.25) is 0 Å². The first-order valence-corrected chi connectivity index (χ1v) is 7.88. The topological polar surface area (TPSA) is 64.6 Å². The minimum absolute atomic E-state index is 0.274. The molecule has 2 rings (SSSR count). The third-order valence-corrected chi connectivity index (χ3v) is 3.51. The maximum Gasteiger partial charge on any atom is 0.344 e. The van der Waals surface area contributed by atoms with Crippen LogP contribution in [-0.2, 0) is 14.3 Å². The van der Waals surface area contributed by atoms with E-state index in [2.05, 4.69) is 5.32 Å². The average Bonchev–Trinajstić information content (AvgIpc) is 2.55. The number of hydrogen-bond acceptors (Lipinski definition) is 4. The van der Waals surface area contributed by atoms with Crippen LogP contribution in [0.2, 0.25) is 5.02 Å². The lowest BCUT2D eigenvalue weighted by molar-refractivity contribution is -0.155. The number of benzene rings is 2.